The van der Waals surface area contributed by atoms with Crippen LogP contribution in [0.25, 0.3) is 0 Å². The minimum atomic E-state index is -0.628. The maximum Gasteiger partial charge on any atom is 0.253 e. The second-order valence-electron chi connectivity index (χ2n) is 5.65. The molecule has 0 aromatic heterocycles. The second kappa shape index (κ2) is 9.49. The van der Waals surface area contributed by atoms with E-state index in [0.29, 0.717) is 22.7 Å². The molecule has 2 amide bonds. The Morgan fingerprint density at radius 1 is 1.16 bits per heavy atom. The van der Waals surface area contributed by atoms with Crippen LogP contribution in [-0.2, 0) is 4.79 Å². The van der Waals surface area contributed by atoms with Gasteiger partial charge in [0.1, 0.15) is 6.04 Å². The smallest absolute Gasteiger partial charge is 0.253 e. The molecule has 0 heterocycles. The summed E-state index contributed by atoms with van der Waals surface area (Å²) in [6, 6.07) is 13.7. The van der Waals surface area contributed by atoms with Gasteiger partial charge in [0.05, 0.1) is 10.6 Å². The van der Waals surface area contributed by atoms with Crippen molar-refractivity contribution in [3.8, 4) is 0 Å². The number of carbonyl (C=O) groups is 2. The molecule has 6 heteroatoms. The van der Waals surface area contributed by atoms with Crippen molar-refractivity contribution in [3.63, 3.8) is 0 Å². The Kier molecular flexibility index (Phi) is 7.34. The minimum absolute atomic E-state index is 0.236. The summed E-state index contributed by atoms with van der Waals surface area (Å²) in [5.41, 5.74) is 2.13. The maximum absolute atomic E-state index is 12.6. The van der Waals surface area contributed by atoms with Gasteiger partial charge in [0.2, 0.25) is 5.91 Å². The molecular formula is C19H21ClN2O2S. The first-order chi connectivity index (χ1) is 12.0. The van der Waals surface area contributed by atoms with Crippen LogP contribution < -0.4 is 10.6 Å². The molecule has 0 saturated carbocycles. The standard InChI is InChI=1S/C19H21ClN2O2S/c1-13-6-5-7-14(12-13)21-19(24)17(10-11-25-2)22-18(23)15-8-3-4-9-16(15)20/h3-9,12,17H,10-11H2,1-2H3,(H,21,24)(H,22,23)/t17-/m0/s1. The molecule has 0 fully saturated rings. The molecule has 0 spiro atoms. The molecule has 2 rings (SSSR count). The summed E-state index contributed by atoms with van der Waals surface area (Å²) in [6.45, 7) is 1.96. The topological polar surface area (TPSA) is 58.2 Å². The number of amides is 2. The highest BCUT2D eigenvalue weighted by Crippen LogP contribution is 2.16. The second-order valence-corrected chi connectivity index (χ2v) is 7.04. The minimum Gasteiger partial charge on any atom is -0.340 e. The summed E-state index contributed by atoms with van der Waals surface area (Å²) in [5.74, 6) is 0.172. The number of aryl methyl sites for hydroxylation is 1. The van der Waals surface area contributed by atoms with Gasteiger partial charge in [-0.05, 0) is 55.2 Å². The zero-order valence-corrected chi connectivity index (χ0v) is 15.8. The molecule has 0 radical (unpaired) electrons. The van der Waals surface area contributed by atoms with E-state index in [4.69, 9.17) is 11.6 Å². The lowest BCUT2D eigenvalue weighted by Crippen LogP contribution is -2.44. The van der Waals surface area contributed by atoms with Crippen LogP contribution in [-0.4, -0.2) is 29.9 Å². The van der Waals surface area contributed by atoms with E-state index in [1.807, 2.05) is 37.4 Å². The van der Waals surface area contributed by atoms with E-state index in [2.05, 4.69) is 10.6 Å². The largest absolute Gasteiger partial charge is 0.340 e. The molecule has 4 nitrogen and oxygen atoms in total. The molecule has 25 heavy (non-hydrogen) atoms. The molecule has 0 saturated heterocycles. The Bertz CT molecular complexity index is 752. The lowest BCUT2D eigenvalue weighted by molar-refractivity contribution is -0.118. The van der Waals surface area contributed by atoms with Gasteiger partial charge in [0, 0.05) is 5.69 Å². The number of hydrogen-bond donors (Lipinski definition) is 2. The fraction of sp³-hybridized carbons (Fsp3) is 0.263. The number of hydrogen-bond acceptors (Lipinski definition) is 3. The van der Waals surface area contributed by atoms with Gasteiger partial charge >= 0.3 is 0 Å². The number of thioether (sulfide) groups is 1. The Balaban J connectivity index is 2.10. The highest BCUT2D eigenvalue weighted by atomic mass is 35.5. The monoisotopic (exact) mass is 376 g/mol. The van der Waals surface area contributed by atoms with Gasteiger partial charge in [0.15, 0.2) is 0 Å². The average Bonchev–Trinajstić information content (AvgIpc) is 2.58. The number of anilines is 1. The summed E-state index contributed by atoms with van der Waals surface area (Å²) in [4.78, 5) is 25.1. The fourth-order valence-corrected chi connectivity index (χ4v) is 3.03. The van der Waals surface area contributed by atoms with E-state index >= 15 is 0 Å². The van der Waals surface area contributed by atoms with Crippen LogP contribution in [0.3, 0.4) is 0 Å². The van der Waals surface area contributed by atoms with Gasteiger partial charge in [-0.3, -0.25) is 9.59 Å². The third kappa shape index (κ3) is 5.80. The van der Waals surface area contributed by atoms with Crippen LogP contribution in [0.5, 0.6) is 0 Å². The van der Waals surface area contributed by atoms with Crippen LogP contribution in [0.15, 0.2) is 48.5 Å². The number of rotatable bonds is 7. The van der Waals surface area contributed by atoms with Crippen molar-refractivity contribution in [3.05, 3.63) is 64.7 Å². The molecule has 0 bridgehead atoms. The molecule has 0 unspecified atom stereocenters. The lowest BCUT2D eigenvalue weighted by atomic mass is 10.1. The summed E-state index contributed by atoms with van der Waals surface area (Å²) >= 11 is 7.69. The highest BCUT2D eigenvalue weighted by Gasteiger charge is 2.22. The number of nitrogens with one attached hydrogen (secondary N) is 2. The van der Waals surface area contributed by atoms with Crippen LogP contribution >= 0.6 is 23.4 Å². The SMILES string of the molecule is CSCC[C@H](NC(=O)c1ccccc1Cl)C(=O)Nc1cccc(C)c1. The van der Waals surface area contributed by atoms with E-state index in [-0.39, 0.29) is 11.8 Å². The molecule has 0 aliphatic carbocycles. The quantitative estimate of drug-likeness (QED) is 0.763. The van der Waals surface area contributed by atoms with Crippen molar-refractivity contribution in [2.75, 3.05) is 17.3 Å². The van der Waals surface area contributed by atoms with Gasteiger partial charge in [-0.25, -0.2) is 0 Å². The van der Waals surface area contributed by atoms with E-state index in [1.54, 1.807) is 36.0 Å². The predicted molar refractivity (Wildman–Crippen MR) is 106 cm³/mol. The number of carbonyl (C=O) groups excluding carboxylic acids is 2. The van der Waals surface area contributed by atoms with Crippen molar-refractivity contribution >= 4 is 40.9 Å². The van der Waals surface area contributed by atoms with Gasteiger partial charge < -0.3 is 10.6 Å². The van der Waals surface area contributed by atoms with Gasteiger partial charge in [0.25, 0.3) is 5.91 Å². The number of benzene rings is 2. The Morgan fingerprint density at radius 3 is 2.60 bits per heavy atom. The van der Waals surface area contributed by atoms with Crippen LogP contribution in [0.1, 0.15) is 22.3 Å². The average molecular weight is 377 g/mol. The first-order valence-corrected chi connectivity index (χ1v) is 9.70. The summed E-state index contributed by atoms with van der Waals surface area (Å²) < 4.78 is 0. The van der Waals surface area contributed by atoms with Gasteiger partial charge in [-0.1, -0.05) is 35.9 Å². The normalized spacial score (nSPS) is 11.6. The van der Waals surface area contributed by atoms with Crippen molar-refractivity contribution < 1.29 is 9.59 Å². The van der Waals surface area contributed by atoms with E-state index in [1.165, 1.54) is 0 Å². The molecule has 0 aliphatic heterocycles. The first-order valence-electron chi connectivity index (χ1n) is 7.93. The van der Waals surface area contributed by atoms with E-state index < -0.39 is 6.04 Å². The lowest BCUT2D eigenvalue weighted by Gasteiger charge is -2.19. The van der Waals surface area contributed by atoms with Crippen molar-refractivity contribution in [2.24, 2.45) is 0 Å². The summed E-state index contributed by atoms with van der Waals surface area (Å²) in [7, 11) is 0. The zero-order chi connectivity index (χ0) is 18.2. The van der Waals surface area contributed by atoms with Crippen molar-refractivity contribution in [1.82, 2.24) is 5.32 Å². The molecular weight excluding hydrogens is 356 g/mol. The molecule has 2 N–H and O–H groups in total. The Labute approximate surface area is 157 Å². The third-order valence-corrected chi connectivity index (χ3v) is 4.61. The number of halogens is 1. The molecule has 0 aliphatic rings. The van der Waals surface area contributed by atoms with Crippen LogP contribution in [0.4, 0.5) is 5.69 Å². The predicted octanol–water partition coefficient (Wildman–Crippen LogP) is 4.14. The third-order valence-electron chi connectivity index (χ3n) is 3.64. The van der Waals surface area contributed by atoms with E-state index in [9.17, 15) is 9.59 Å². The molecule has 2 aromatic rings. The molecule has 132 valence electrons. The molecule has 1 atom stereocenters. The van der Waals surface area contributed by atoms with Gasteiger partial charge in [-0.15, -0.1) is 0 Å². The zero-order valence-electron chi connectivity index (χ0n) is 14.2. The van der Waals surface area contributed by atoms with Crippen LogP contribution in [0.2, 0.25) is 5.02 Å². The summed E-state index contributed by atoms with van der Waals surface area (Å²) in [5, 5.41) is 6.03. The van der Waals surface area contributed by atoms with Crippen LogP contribution in [0, 0.1) is 6.92 Å². The van der Waals surface area contributed by atoms with Crippen molar-refractivity contribution in [2.45, 2.75) is 19.4 Å². The molecule has 2 aromatic carbocycles. The fourth-order valence-electron chi connectivity index (χ4n) is 2.34. The van der Waals surface area contributed by atoms with Crippen molar-refractivity contribution in [1.29, 1.82) is 0 Å². The summed E-state index contributed by atoms with van der Waals surface area (Å²) in [6.07, 6.45) is 2.50. The Hall–Kier alpha value is -1.98. The van der Waals surface area contributed by atoms with Gasteiger partial charge in [-0.2, -0.15) is 11.8 Å². The maximum atomic E-state index is 12.6. The highest BCUT2D eigenvalue weighted by molar-refractivity contribution is 7.98. The van der Waals surface area contributed by atoms with E-state index in [0.717, 1.165) is 11.3 Å². The first kappa shape index (κ1) is 19.3. The Morgan fingerprint density at radius 2 is 1.92 bits per heavy atom.